The lowest BCUT2D eigenvalue weighted by Gasteiger charge is -2.16. The molecule has 0 atom stereocenters. The van der Waals surface area contributed by atoms with Crippen molar-refractivity contribution in [3.05, 3.63) is 54.1 Å². The van der Waals surface area contributed by atoms with Crippen LogP contribution in [0, 0.1) is 0 Å². The highest BCUT2D eigenvalue weighted by Crippen LogP contribution is 2.27. The molecule has 0 bridgehead atoms. The number of nitrogens with zero attached hydrogens (tertiary/aromatic N) is 1. The predicted molar refractivity (Wildman–Crippen MR) is 96.1 cm³/mol. The number of methoxy groups -OCH3 is 2. The Hall–Kier alpha value is -3.02. The number of carbonyl (C=O) groups is 2. The van der Waals surface area contributed by atoms with Crippen molar-refractivity contribution in [3.8, 4) is 11.5 Å². The normalized spacial score (nSPS) is 10.0. The van der Waals surface area contributed by atoms with E-state index in [4.69, 9.17) is 9.47 Å². The summed E-state index contributed by atoms with van der Waals surface area (Å²) in [6, 6.07) is 14.6. The minimum atomic E-state index is -0.633. The summed E-state index contributed by atoms with van der Waals surface area (Å²) in [5.74, 6) is 0.0477. The molecule has 0 aliphatic carbocycles. The fraction of sp³-hybridized carbons (Fsp3) is 0.263. The number of para-hydroxylation sites is 1. The molecule has 0 aromatic heterocycles. The van der Waals surface area contributed by atoms with Crippen LogP contribution < -0.4 is 19.7 Å². The third-order valence-corrected chi connectivity index (χ3v) is 3.79. The molecule has 0 spiro atoms. The number of hydrogen-bond acceptors (Lipinski definition) is 4. The first kappa shape index (κ1) is 18.3. The smallest absolute Gasteiger partial charge is 0.316 e. The van der Waals surface area contributed by atoms with Crippen LogP contribution in [-0.2, 0) is 16.0 Å². The van der Waals surface area contributed by atoms with E-state index in [1.54, 1.807) is 33.4 Å². The van der Waals surface area contributed by atoms with Crippen LogP contribution in [0.25, 0.3) is 0 Å². The van der Waals surface area contributed by atoms with Gasteiger partial charge in [-0.15, -0.1) is 0 Å². The second-order valence-corrected chi connectivity index (χ2v) is 5.39. The molecular weight excluding hydrogens is 320 g/mol. The van der Waals surface area contributed by atoms with Crippen LogP contribution in [0.5, 0.6) is 11.5 Å². The Morgan fingerprint density at radius 3 is 2.32 bits per heavy atom. The number of likely N-dealkylation sites (N-methyl/N-ethyl adjacent to an activating group) is 1. The third kappa shape index (κ3) is 4.73. The van der Waals surface area contributed by atoms with Gasteiger partial charge in [0.2, 0.25) is 0 Å². The summed E-state index contributed by atoms with van der Waals surface area (Å²) in [6.45, 7) is 0.350. The Bertz CT molecular complexity index is 731. The second kappa shape index (κ2) is 8.73. The molecule has 0 aliphatic heterocycles. The molecule has 2 aromatic carbocycles. The highest BCUT2D eigenvalue weighted by molar-refractivity contribution is 6.40. The Balaban J connectivity index is 1.89. The molecule has 25 heavy (non-hydrogen) atoms. The van der Waals surface area contributed by atoms with Gasteiger partial charge in [-0.25, -0.2) is 0 Å². The van der Waals surface area contributed by atoms with Crippen LogP contribution in [0.4, 0.5) is 5.69 Å². The van der Waals surface area contributed by atoms with E-state index in [0.29, 0.717) is 30.2 Å². The van der Waals surface area contributed by atoms with Crippen molar-refractivity contribution < 1.29 is 19.1 Å². The maximum Gasteiger partial charge on any atom is 0.316 e. The van der Waals surface area contributed by atoms with E-state index < -0.39 is 11.8 Å². The van der Waals surface area contributed by atoms with Crippen molar-refractivity contribution >= 4 is 17.5 Å². The molecule has 0 saturated heterocycles. The highest BCUT2D eigenvalue weighted by atomic mass is 16.5. The summed E-state index contributed by atoms with van der Waals surface area (Å²) in [4.78, 5) is 25.5. The molecular formula is C19H22N2O4. The zero-order valence-electron chi connectivity index (χ0n) is 14.6. The van der Waals surface area contributed by atoms with E-state index >= 15 is 0 Å². The zero-order valence-corrected chi connectivity index (χ0v) is 14.6. The molecule has 0 radical (unpaired) electrons. The van der Waals surface area contributed by atoms with Crippen LogP contribution in [0.15, 0.2) is 48.5 Å². The summed E-state index contributed by atoms with van der Waals surface area (Å²) >= 11 is 0. The molecule has 1 N–H and O–H groups in total. The van der Waals surface area contributed by atoms with Crippen LogP contribution in [-0.4, -0.2) is 39.6 Å². The summed E-state index contributed by atoms with van der Waals surface area (Å²) in [5, 5.41) is 2.65. The van der Waals surface area contributed by atoms with E-state index in [1.807, 2.05) is 36.4 Å². The summed E-state index contributed by atoms with van der Waals surface area (Å²) in [6.07, 6.45) is 0.578. The fourth-order valence-corrected chi connectivity index (χ4v) is 2.35. The van der Waals surface area contributed by atoms with Crippen molar-refractivity contribution in [1.82, 2.24) is 5.32 Å². The molecule has 0 saturated carbocycles. The van der Waals surface area contributed by atoms with E-state index in [0.717, 1.165) is 5.56 Å². The number of amides is 2. The fourth-order valence-electron chi connectivity index (χ4n) is 2.35. The summed E-state index contributed by atoms with van der Waals surface area (Å²) in [7, 11) is 4.72. The van der Waals surface area contributed by atoms with Crippen molar-refractivity contribution in [1.29, 1.82) is 0 Å². The maximum atomic E-state index is 12.1. The van der Waals surface area contributed by atoms with E-state index in [2.05, 4.69) is 5.32 Å². The standard InChI is InChI=1S/C19H22N2O4/c1-21(15-7-5-4-6-8-15)19(23)18(22)20-12-11-14-9-10-16(24-2)17(13-14)25-3/h4-10,13H,11-12H2,1-3H3,(H,20,22). The van der Waals surface area contributed by atoms with Gasteiger partial charge in [0.25, 0.3) is 0 Å². The predicted octanol–water partition coefficient (Wildman–Crippen LogP) is 2.03. The lowest BCUT2D eigenvalue weighted by atomic mass is 10.1. The first-order chi connectivity index (χ1) is 12.1. The number of carbonyl (C=O) groups excluding carboxylic acids is 2. The van der Waals surface area contributed by atoms with Gasteiger partial charge in [-0.05, 0) is 36.2 Å². The Kier molecular flexibility index (Phi) is 6.39. The van der Waals surface area contributed by atoms with Crippen LogP contribution in [0.3, 0.4) is 0 Å². The Morgan fingerprint density at radius 2 is 1.68 bits per heavy atom. The Labute approximate surface area is 147 Å². The van der Waals surface area contributed by atoms with Gasteiger partial charge in [-0.2, -0.15) is 0 Å². The van der Waals surface area contributed by atoms with E-state index in [-0.39, 0.29) is 0 Å². The van der Waals surface area contributed by atoms with Crippen LogP contribution in [0.1, 0.15) is 5.56 Å². The largest absolute Gasteiger partial charge is 0.493 e. The number of rotatable bonds is 6. The number of nitrogens with one attached hydrogen (secondary N) is 1. The van der Waals surface area contributed by atoms with Crippen LogP contribution >= 0.6 is 0 Å². The van der Waals surface area contributed by atoms with Crippen molar-refractivity contribution in [2.75, 3.05) is 32.7 Å². The minimum absolute atomic E-state index is 0.350. The molecule has 0 aliphatic rings. The lowest BCUT2D eigenvalue weighted by Crippen LogP contribution is -2.41. The Morgan fingerprint density at radius 1 is 1.00 bits per heavy atom. The van der Waals surface area contributed by atoms with Gasteiger partial charge in [0.05, 0.1) is 14.2 Å². The number of hydrogen-bond donors (Lipinski definition) is 1. The van der Waals surface area contributed by atoms with Gasteiger partial charge in [0.1, 0.15) is 0 Å². The molecule has 132 valence electrons. The highest BCUT2D eigenvalue weighted by Gasteiger charge is 2.19. The SMILES string of the molecule is COc1ccc(CCNC(=O)C(=O)N(C)c2ccccc2)cc1OC. The first-order valence-corrected chi connectivity index (χ1v) is 7.88. The molecule has 0 unspecified atom stereocenters. The van der Waals surface area contributed by atoms with Crippen molar-refractivity contribution in [2.45, 2.75) is 6.42 Å². The average molecular weight is 342 g/mol. The number of ether oxygens (including phenoxy) is 2. The molecule has 2 amide bonds. The molecule has 2 aromatic rings. The zero-order chi connectivity index (χ0) is 18.2. The van der Waals surface area contributed by atoms with Gasteiger partial charge in [0.15, 0.2) is 11.5 Å². The second-order valence-electron chi connectivity index (χ2n) is 5.39. The number of anilines is 1. The van der Waals surface area contributed by atoms with Crippen molar-refractivity contribution in [3.63, 3.8) is 0 Å². The molecule has 6 heteroatoms. The maximum absolute atomic E-state index is 12.1. The van der Waals surface area contributed by atoms with Crippen LogP contribution in [0.2, 0.25) is 0 Å². The van der Waals surface area contributed by atoms with Gasteiger partial charge >= 0.3 is 11.8 Å². The van der Waals surface area contributed by atoms with Gasteiger partial charge in [-0.1, -0.05) is 24.3 Å². The van der Waals surface area contributed by atoms with E-state index in [1.165, 1.54) is 4.90 Å². The van der Waals surface area contributed by atoms with E-state index in [9.17, 15) is 9.59 Å². The quantitative estimate of drug-likeness (QED) is 0.816. The lowest BCUT2D eigenvalue weighted by molar-refractivity contribution is -0.137. The summed E-state index contributed by atoms with van der Waals surface area (Å²) < 4.78 is 10.4. The summed E-state index contributed by atoms with van der Waals surface area (Å²) in [5.41, 5.74) is 1.64. The first-order valence-electron chi connectivity index (χ1n) is 7.88. The average Bonchev–Trinajstić information content (AvgIpc) is 2.67. The topological polar surface area (TPSA) is 67.9 Å². The molecule has 0 fully saturated rings. The van der Waals surface area contributed by atoms with Gasteiger partial charge in [-0.3, -0.25) is 9.59 Å². The third-order valence-electron chi connectivity index (χ3n) is 3.79. The molecule has 0 heterocycles. The van der Waals surface area contributed by atoms with Gasteiger partial charge in [0, 0.05) is 19.3 Å². The number of benzene rings is 2. The van der Waals surface area contributed by atoms with Crippen molar-refractivity contribution in [2.24, 2.45) is 0 Å². The molecule has 6 nitrogen and oxygen atoms in total. The molecule has 2 rings (SSSR count). The monoisotopic (exact) mass is 342 g/mol. The van der Waals surface area contributed by atoms with Gasteiger partial charge < -0.3 is 19.7 Å². The minimum Gasteiger partial charge on any atom is -0.493 e.